The maximum Gasteiger partial charge on any atom is 0.322 e. The Hall–Kier alpha value is -2.57. The quantitative estimate of drug-likeness (QED) is 0.675. The van der Waals surface area contributed by atoms with Gasteiger partial charge in [0.05, 0.1) is 16.1 Å². The maximum atomic E-state index is 12.4. The molecular formula is C18H15Cl2N5O. The van der Waals surface area contributed by atoms with Crippen molar-refractivity contribution in [3.05, 3.63) is 58.6 Å². The van der Waals surface area contributed by atoms with E-state index in [0.717, 1.165) is 16.7 Å². The molecule has 1 aromatic carbocycles. The van der Waals surface area contributed by atoms with Crippen LogP contribution in [0.1, 0.15) is 12.1 Å². The molecule has 0 saturated heterocycles. The number of halogens is 2. The summed E-state index contributed by atoms with van der Waals surface area (Å²) in [7, 11) is 0. The van der Waals surface area contributed by atoms with Crippen molar-refractivity contribution in [2.75, 3.05) is 18.4 Å². The van der Waals surface area contributed by atoms with E-state index >= 15 is 0 Å². The molecule has 0 radical (unpaired) electrons. The van der Waals surface area contributed by atoms with Gasteiger partial charge in [0.2, 0.25) is 0 Å². The summed E-state index contributed by atoms with van der Waals surface area (Å²) >= 11 is 12.2. The Morgan fingerprint density at radius 3 is 2.92 bits per heavy atom. The largest absolute Gasteiger partial charge is 0.344 e. The topological polar surface area (TPSA) is 73.9 Å². The minimum Gasteiger partial charge on any atom is -0.344 e. The molecule has 132 valence electrons. The molecule has 0 saturated carbocycles. The van der Waals surface area contributed by atoms with Crippen molar-refractivity contribution in [2.45, 2.75) is 6.42 Å². The number of urea groups is 1. The average molecular weight is 388 g/mol. The van der Waals surface area contributed by atoms with Gasteiger partial charge in [0.25, 0.3) is 0 Å². The van der Waals surface area contributed by atoms with E-state index in [0.29, 0.717) is 40.9 Å². The summed E-state index contributed by atoms with van der Waals surface area (Å²) in [6, 6.07) is 6.93. The highest BCUT2D eigenvalue weighted by Crippen LogP contribution is 2.31. The van der Waals surface area contributed by atoms with Gasteiger partial charge >= 0.3 is 6.03 Å². The van der Waals surface area contributed by atoms with Crippen LogP contribution in [0.2, 0.25) is 10.0 Å². The van der Waals surface area contributed by atoms with Crippen molar-refractivity contribution >= 4 is 51.5 Å². The van der Waals surface area contributed by atoms with Crippen LogP contribution in [0, 0.1) is 0 Å². The van der Waals surface area contributed by atoms with E-state index in [9.17, 15) is 4.79 Å². The van der Waals surface area contributed by atoms with E-state index in [4.69, 9.17) is 23.2 Å². The second-order valence-corrected chi connectivity index (χ2v) is 6.79. The number of amides is 2. The van der Waals surface area contributed by atoms with Gasteiger partial charge in [-0.25, -0.2) is 14.8 Å². The number of carbonyl (C=O) groups is 1. The van der Waals surface area contributed by atoms with Crippen molar-refractivity contribution in [3.8, 4) is 0 Å². The summed E-state index contributed by atoms with van der Waals surface area (Å²) in [6.07, 6.45) is 5.92. The fourth-order valence-corrected chi connectivity index (χ4v) is 3.43. The van der Waals surface area contributed by atoms with E-state index in [1.165, 1.54) is 6.33 Å². The van der Waals surface area contributed by atoms with Gasteiger partial charge in [-0.2, -0.15) is 0 Å². The number of carbonyl (C=O) groups excluding carboxylic acids is 1. The van der Waals surface area contributed by atoms with Gasteiger partial charge < -0.3 is 15.2 Å². The molecule has 2 aromatic heterocycles. The van der Waals surface area contributed by atoms with Gasteiger partial charge in [-0.1, -0.05) is 35.3 Å². The number of nitrogens with one attached hydrogen (secondary N) is 2. The van der Waals surface area contributed by atoms with Crippen molar-refractivity contribution in [1.29, 1.82) is 0 Å². The summed E-state index contributed by atoms with van der Waals surface area (Å²) in [6.45, 7) is 1.08. The van der Waals surface area contributed by atoms with Crippen LogP contribution >= 0.6 is 23.2 Å². The maximum absolute atomic E-state index is 12.4. The third kappa shape index (κ3) is 3.25. The summed E-state index contributed by atoms with van der Waals surface area (Å²) in [5, 5.41) is 4.86. The van der Waals surface area contributed by atoms with E-state index in [2.05, 4.69) is 20.3 Å². The van der Waals surface area contributed by atoms with Crippen LogP contribution in [0.3, 0.4) is 0 Å². The van der Waals surface area contributed by atoms with Crippen molar-refractivity contribution in [1.82, 2.24) is 19.9 Å². The number of aromatic amines is 1. The number of rotatable bonds is 2. The number of benzene rings is 1. The van der Waals surface area contributed by atoms with Crippen molar-refractivity contribution in [2.24, 2.45) is 0 Å². The lowest BCUT2D eigenvalue weighted by atomic mass is 10.0. The molecule has 2 amide bonds. The number of nitrogens with zero attached hydrogens (tertiary/aromatic N) is 3. The van der Waals surface area contributed by atoms with Crippen LogP contribution in [0.15, 0.2) is 42.9 Å². The highest BCUT2D eigenvalue weighted by Gasteiger charge is 2.21. The molecule has 0 atom stereocenters. The summed E-state index contributed by atoms with van der Waals surface area (Å²) in [4.78, 5) is 25.8. The molecule has 2 N–H and O–H groups in total. The first-order valence-corrected chi connectivity index (χ1v) is 8.86. The number of fused-ring (bicyclic) bond motifs is 1. The molecule has 26 heavy (non-hydrogen) atoms. The second kappa shape index (κ2) is 6.97. The van der Waals surface area contributed by atoms with Crippen LogP contribution in [0.5, 0.6) is 0 Å². The van der Waals surface area contributed by atoms with Gasteiger partial charge in [-0.05, 0) is 30.2 Å². The Balaban J connectivity index is 1.51. The van der Waals surface area contributed by atoms with Gasteiger partial charge in [-0.3, -0.25) is 0 Å². The predicted octanol–water partition coefficient (Wildman–Crippen LogP) is 4.59. The van der Waals surface area contributed by atoms with Crippen molar-refractivity contribution < 1.29 is 4.79 Å². The standard InChI is InChI=1S/C18H15Cl2N5O/c19-12-2-1-3-13(8-12)24-18(26)25-6-4-11(5-7-25)16-15-14(20)9-21-17(15)23-10-22-16/h1-4,8-10H,5-7H2,(H,24,26)(H,21,22,23). The number of hydrogen-bond acceptors (Lipinski definition) is 3. The van der Waals surface area contributed by atoms with Crippen LogP contribution in [0.4, 0.5) is 10.5 Å². The van der Waals surface area contributed by atoms with Crippen LogP contribution in [-0.4, -0.2) is 39.0 Å². The van der Waals surface area contributed by atoms with Gasteiger partial charge in [0.1, 0.15) is 12.0 Å². The molecule has 0 bridgehead atoms. The minimum absolute atomic E-state index is 0.157. The first-order chi connectivity index (χ1) is 12.6. The molecule has 0 aliphatic carbocycles. The van der Waals surface area contributed by atoms with E-state index in [1.807, 2.05) is 6.08 Å². The molecule has 0 spiro atoms. The zero-order chi connectivity index (χ0) is 18.1. The zero-order valence-corrected chi connectivity index (χ0v) is 15.2. The molecule has 6 nitrogen and oxygen atoms in total. The summed E-state index contributed by atoms with van der Waals surface area (Å²) in [5.74, 6) is 0. The van der Waals surface area contributed by atoms with Crippen molar-refractivity contribution in [3.63, 3.8) is 0 Å². The number of anilines is 1. The number of aromatic nitrogens is 3. The first kappa shape index (κ1) is 16.9. The first-order valence-electron chi connectivity index (χ1n) is 8.10. The molecule has 1 aliphatic heterocycles. The third-order valence-corrected chi connectivity index (χ3v) is 4.83. The zero-order valence-electron chi connectivity index (χ0n) is 13.7. The molecule has 4 rings (SSSR count). The van der Waals surface area contributed by atoms with E-state index in [-0.39, 0.29) is 6.03 Å². The predicted molar refractivity (Wildman–Crippen MR) is 104 cm³/mol. The van der Waals surface area contributed by atoms with Crippen LogP contribution in [0.25, 0.3) is 16.6 Å². The smallest absolute Gasteiger partial charge is 0.322 e. The fraction of sp³-hybridized carbons (Fsp3) is 0.167. The molecule has 3 heterocycles. The fourth-order valence-electron chi connectivity index (χ4n) is 3.01. The van der Waals surface area contributed by atoms with Gasteiger partial charge in [0.15, 0.2) is 0 Å². The Morgan fingerprint density at radius 2 is 2.15 bits per heavy atom. The lowest BCUT2D eigenvalue weighted by Crippen LogP contribution is -2.37. The van der Waals surface area contributed by atoms with Crippen LogP contribution in [-0.2, 0) is 0 Å². The SMILES string of the molecule is O=C(Nc1cccc(Cl)c1)N1CC=C(c2ncnc3[nH]cc(Cl)c23)CC1. The Morgan fingerprint density at radius 1 is 1.27 bits per heavy atom. The Labute approximate surface area is 159 Å². The monoisotopic (exact) mass is 387 g/mol. The average Bonchev–Trinajstić information content (AvgIpc) is 3.03. The lowest BCUT2D eigenvalue weighted by Gasteiger charge is -2.26. The lowest BCUT2D eigenvalue weighted by molar-refractivity contribution is 0.217. The highest BCUT2D eigenvalue weighted by atomic mass is 35.5. The Bertz CT molecular complexity index is 1010. The summed E-state index contributed by atoms with van der Waals surface area (Å²) < 4.78 is 0. The minimum atomic E-state index is -0.157. The van der Waals surface area contributed by atoms with Crippen LogP contribution < -0.4 is 5.32 Å². The molecule has 8 heteroatoms. The molecule has 0 fully saturated rings. The molecule has 1 aliphatic rings. The Kier molecular flexibility index (Phi) is 4.53. The number of hydrogen-bond donors (Lipinski definition) is 2. The molecule has 0 unspecified atom stereocenters. The summed E-state index contributed by atoms with van der Waals surface area (Å²) in [5.41, 5.74) is 3.26. The third-order valence-electron chi connectivity index (χ3n) is 4.30. The second-order valence-electron chi connectivity index (χ2n) is 5.95. The highest BCUT2D eigenvalue weighted by molar-refractivity contribution is 6.36. The molecular weight excluding hydrogens is 373 g/mol. The molecule has 3 aromatic rings. The van der Waals surface area contributed by atoms with Gasteiger partial charge in [-0.15, -0.1) is 0 Å². The number of H-pyrrole nitrogens is 1. The normalized spacial score (nSPS) is 14.4. The van der Waals surface area contributed by atoms with E-state index in [1.54, 1.807) is 35.4 Å². The van der Waals surface area contributed by atoms with E-state index < -0.39 is 0 Å². The van der Waals surface area contributed by atoms with Gasteiger partial charge in [0, 0.05) is 30.0 Å².